The van der Waals surface area contributed by atoms with Crippen LogP contribution in [0.2, 0.25) is 0 Å². The SMILES string of the molecule is CC(C)C[C@@H]1[C@@H](O)CN(Cc2ccccc2)CCN1C(=O)OC(C)(C)C. The average Bonchev–Trinajstić information content (AvgIpc) is 2.66. The van der Waals surface area contributed by atoms with Crippen molar-refractivity contribution in [3.8, 4) is 0 Å². The molecule has 0 aromatic heterocycles. The lowest BCUT2D eigenvalue weighted by atomic mass is 9.98. The van der Waals surface area contributed by atoms with Gasteiger partial charge in [-0.05, 0) is 38.7 Å². The molecule has 1 heterocycles. The van der Waals surface area contributed by atoms with E-state index in [1.807, 2.05) is 39.0 Å². The molecule has 146 valence electrons. The van der Waals surface area contributed by atoms with Gasteiger partial charge in [0.15, 0.2) is 0 Å². The van der Waals surface area contributed by atoms with Gasteiger partial charge in [-0.15, -0.1) is 0 Å². The fourth-order valence-corrected chi connectivity index (χ4v) is 3.40. The molecule has 1 aromatic carbocycles. The number of β-amino-alcohol motifs (C(OH)–C–C–N with tert-alkyl or cyclic N) is 1. The van der Waals surface area contributed by atoms with Crippen LogP contribution in [0.25, 0.3) is 0 Å². The summed E-state index contributed by atoms with van der Waals surface area (Å²) in [4.78, 5) is 16.7. The maximum Gasteiger partial charge on any atom is 0.410 e. The molecule has 0 radical (unpaired) electrons. The Balaban J connectivity index is 2.14. The number of aliphatic hydroxyl groups excluding tert-OH is 1. The summed E-state index contributed by atoms with van der Waals surface area (Å²) in [5.74, 6) is 0.389. The smallest absolute Gasteiger partial charge is 0.410 e. The fourth-order valence-electron chi connectivity index (χ4n) is 3.40. The van der Waals surface area contributed by atoms with Crippen molar-refractivity contribution < 1.29 is 14.6 Å². The minimum atomic E-state index is -0.587. The zero-order valence-electron chi connectivity index (χ0n) is 16.8. The minimum absolute atomic E-state index is 0.217. The number of carbonyl (C=O) groups excluding carboxylic acids is 1. The molecule has 2 rings (SSSR count). The van der Waals surface area contributed by atoms with Crippen LogP contribution in [0.5, 0.6) is 0 Å². The molecule has 1 fully saturated rings. The van der Waals surface area contributed by atoms with Crippen LogP contribution in [-0.2, 0) is 11.3 Å². The topological polar surface area (TPSA) is 53.0 Å². The normalized spacial score (nSPS) is 22.3. The Morgan fingerprint density at radius 1 is 1.23 bits per heavy atom. The highest BCUT2D eigenvalue weighted by atomic mass is 16.6. The van der Waals surface area contributed by atoms with Crippen molar-refractivity contribution in [1.29, 1.82) is 0 Å². The van der Waals surface area contributed by atoms with Gasteiger partial charge in [0, 0.05) is 26.2 Å². The van der Waals surface area contributed by atoms with E-state index in [1.54, 1.807) is 4.90 Å². The molecule has 0 spiro atoms. The van der Waals surface area contributed by atoms with Gasteiger partial charge in [0.2, 0.25) is 0 Å². The maximum atomic E-state index is 12.7. The molecule has 0 aliphatic carbocycles. The third kappa shape index (κ3) is 6.29. The zero-order chi connectivity index (χ0) is 19.3. The van der Waals surface area contributed by atoms with Gasteiger partial charge in [0.25, 0.3) is 0 Å². The van der Waals surface area contributed by atoms with Crippen LogP contribution in [-0.4, -0.2) is 58.4 Å². The molecular weight excluding hydrogens is 328 g/mol. The molecule has 2 atom stereocenters. The summed E-state index contributed by atoms with van der Waals surface area (Å²) in [7, 11) is 0. The van der Waals surface area contributed by atoms with Crippen molar-refractivity contribution in [1.82, 2.24) is 9.80 Å². The van der Waals surface area contributed by atoms with Crippen molar-refractivity contribution >= 4 is 6.09 Å². The van der Waals surface area contributed by atoms with Gasteiger partial charge in [-0.3, -0.25) is 4.90 Å². The van der Waals surface area contributed by atoms with Gasteiger partial charge in [-0.1, -0.05) is 44.2 Å². The van der Waals surface area contributed by atoms with Crippen LogP contribution < -0.4 is 0 Å². The molecular formula is C21H34N2O3. The van der Waals surface area contributed by atoms with Crippen LogP contribution in [0, 0.1) is 5.92 Å². The van der Waals surface area contributed by atoms with Crippen LogP contribution in [0.4, 0.5) is 4.79 Å². The third-order valence-electron chi connectivity index (χ3n) is 4.54. The Morgan fingerprint density at radius 2 is 1.88 bits per heavy atom. The summed E-state index contributed by atoms with van der Waals surface area (Å²) in [5, 5.41) is 10.9. The molecule has 1 aliphatic heterocycles. The first-order valence-electron chi connectivity index (χ1n) is 9.59. The standard InChI is InChI=1S/C21H34N2O3/c1-16(2)13-18-19(24)15-22(14-17-9-7-6-8-10-17)11-12-23(18)20(25)26-21(3,4)5/h6-10,16,18-19,24H,11-15H2,1-5H3/t18-,19+/m1/s1. The molecule has 1 aromatic rings. The summed E-state index contributed by atoms with van der Waals surface area (Å²) in [5.41, 5.74) is 0.673. The van der Waals surface area contributed by atoms with Crippen LogP contribution in [0.3, 0.4) is 0 Å². The molecule has 0 bridgehead atoms. The molecule has 1 N–H and O–H groups in total. The second kappa shape index (κ2) is 8.87. The van der Waals surface area contributed by atoms with E-state index in [0.717, 1.165) is 19.5 Å². The number of aliphatic hydroxyl groups is 1. The number of amides is 1. The number of nitrogens with zero attached hydrogens (tertiary/aromatic N) is 2. The first kappa shape index (κ1) is 20.7. The first-order valence-corrected chi connectivity index (χ1v) is 9.59. The lowest BCUT2D eigenvalue weighted by molar-refractivity contribution is -0.00437. The van der Waals surface area contributed by atoms with Crippen LogP contribution in [0.1, 0.15) is 46.6 Å². The van der Waals surface area contributed by atoms with Gasteiger partial charge >= 0.3 is 6.09 Å². The lowest BCUT2D eigenvalue weighted by Gasteiger charge is -2.34. The van der Waals surface area contributed by atoms with Crippen molar-refractivity contribution in [2.75, 3.05) is 19.6 Å². The summed E-state index contributed by atoms with van der Waals surface area (Å²) in [6, 6.07) is 10.0. The fraction of sp³-hybridized carbons (Fsp3) is 0.667. The molecule has 1 saturated heterocycles. The second-order valence-corrected chi connectivity index (χ2v) is 8.66. The molecule has 5 heteroatoms. The summed E-state index contributed by atoms with van der Waals surface area (Å²) < 4.78 is 5.60. The van der Waals surface area contributed by atoms with E-state index in [0.29, 0.717) is 19.0 Å². The summed E-state index contributed by atoms with van der Waals surface area (Å²) in [6.45, 7) is 12.5. The number of benzene rings is 1. The van der Waals surface area contributed by atoms with E-state index in [1.165, 1.54) is 5.56 Å². The Kier molecular flexibility index (Phi) is 7.07. The number of rotatable bonds is 4. The molecule has 26 heavy (non-hydrogen) atoms. The number of carbonyl (C=O) groups is 1. The van der Waals surface area contributed by atoms with E-state index in [4.69, 9.17) is 4.74 Å². The Morgan fingerprint density at radius 3 is 2.46 bits per heavy atom. The Bertz CT molecular complexity index is 568. The molecule has 0 unspecified atom stereocenters. The number of hydrogen-bond acceptors (Lipinski definition) is 4. The molecule has 0 saturated carbocycles. The van der Waals surface area contributed by atoms with Crippen molar-refractivity contribution in [2.45, 2.75) is 65.3 Å². The van der Waals surface area contributed by atoms with E-state index in [9.17, 15) is 9.90 Å². The highest BCUT2D eigenvalue weighted by molar-refractivity contribution is 5.68. The predicted molar refractivity (Wildman–Crippen MR) is 104 cm³/mol. The average molecular weight is 363 g/mol. The number of ether oxygens (including phenoxy) is 1. The molecule has 1 amide bonds. The highest BCUT2D eigenvalue weighted by Crippen LogP contribution is 2.22. The quantitative estimate of drug-likeness (QED) is 0.890. The van der Waals surface area contributed by atoms with Crippen molar-refractivity contribution in [3.05, 3.63) is 35.9 Å². The monoisotopic (exact) mass is 362 g/mol. The molecule has 1 aliphatic rings. The third-order valence-corrected chi connectivity index (χ3v) is 4.54. The predicted octanol–water partition coefficient (Wildman–Crippen LogP) is 3.51. The van der Waals surface area contributed by atoms with E-state index < -0.39 is 11.7 Å². The second-order valence-electron chi connectivity index (χ2n) is 8.66. The van der Waals surface area contributed by atoms with Gasteiger partial charge in [-0.2, -0.15) is 0 Å². The molecule has 5 nitrogen and oxygen atoms in total. The van der Waals surface area contributed by atoms with E-state index in [-0.39, 0.29) is 12.1 Å². The highest BCUT2D eigenvalue weighted by Gasteiger charge is 2.36. The summed E-state index contributed by atoms with van der Waals surface area (Å²) >= 11 is 0. The zero-order valence-corrected chi connectivity index (χ0v) is 16.8. The van der Waals surface area contributed by atoms with Gasteiger partial charge in [0.05, 0.1) is 12.1 Å². The largest absolute Gasteiger partial charge is 0.444 e. The van der Waals surface area contributed by atoms with E-state index >= 15 is 0 Å². The van der Waals surface area contributed by atoms with Crippen LogP contribution in [0.15, 0.2) is 30.3 Å². The summed E-state index contributed by atoms with van der Waals surface area (Å²) in [6.07, 6.45) is -0.153. The van der Waals surface area contributed by atoms with Crippen molar-refractivity contribution in [2.24, 2.45) is 5.92 Å². The van der Waals surface area contributed by atoms with Gasteiger partial charge in [-0.25, -0.2) is 4.79 Å². The Labute approximate surface area is 157 Å². The number of hydrogen-bond donors (Lipinski definition) is 1. The maximum absolute atomic E-state index is 12.7. The van der Waals surface area contributed by atoms with Crippen molar-refractivity contribution in [3.63, 3.8) is 0 Å². The minimum Gasteiger partial charge on any atom is -0.444 e. The van der Waals surface area contributed by atoms with E-state index in [2.05, 4.69) is 30.9 Å². The van der Waals surface area contributed by atoms with Crippen LogP contribution >= 0.6 is 0 Å². The first-order chi connectivity index (χ1) is 12.2. The van der Waals surface area contributed by atoms with Gasteiger partial charge < -0.3 is 14.7 Å². The Hall–Kier alpha value is -1.59. The van der Waals surface area contributed by atoms with Gasteiger partial charge in [0.1, 0.15) is 5.60 Å². The lowest BCUT2D eigenvalue weighted by Crippen LogP contribution is -2.49.